The van der Waals surface area contributed by atoms with Crippen molar-refractivity contribution in [2.24, 2.45) is 10.9 Å². The summed E-state index contributed by atoms with van der Waals surface area (Å²) < 4.78 is 6.30. The lowest BCUT2D eigenvalue weighted by Crippen LogP contribution is -2.31. The van der Waals surface area contributed by atoms with Gasteiger partial charge in [-0.15, -0.1) is 0 Å². The van der Waals surface area contributed by atoms with E-state index in [2.05, 4.69) is 21.2 Å². The molecule has 3 nitrogen and oxygen atoms in total. The zero-order valence-corrected chi connectivity index (χ0v) is 14.0. The second-order valence-corrected chi connectivity index (χ2v) is 7.19. The van der Waals surface area contributed by atoms with Gasteiger partial charge in [-0.2, -0.15) is 0 Å². The quantitative estimate of drug-likeness (QED) is 0.846. The smallest absolute Gasteiger partial charge is 0.161 e. The average molecular weight is 355 g/mol. The number of anilines is 1. The third-order valence-electron chi connectivity index (χ3n) is 3.99. The number of fused-ring (bicyclic) bond motifs is 1. The highest BCUT2D eigenvalue weighted by Crippen LogP contribution is 2.35. The number of hydrogen-bond donors (Lipinski definition) is 1. The third kappa shape index (κ3) is 3.14. The third-order valence-corrected chi connectivity index (χ3v) is 5.72. The van der Waals surface area contributed by atoms with E-state index in [9.17, 15) is 0 Å². The van der Waals surface area contributed by atoms with E-state index in [-0.39, 0.29) is 0 Å². The van der Waals surface area contributed by atoms with Crippen LogP contribution >= 0.6 is 27.7 Å². The Kier molecular flexibility index (Phi) is 4.56. The van der Waals surface area contributed by atoms with Crippen molar-refractivity contribution >= 4 is 38.5 Å². The number of benzene rings is 1. The summed E-state index contributed by atoms with van der Waals surface area (Å²) in [5, 5.41) is 4.48. The van der Waals surface area contributed by atoms with Crippen LogP contribution in [0.5, 0.6) is 5.75 Å². The fraction of sp³-hybridized carbons (Fsp3) is 0.533. The number of halogens is 1. The summed E-state index contributed by atoms with van der Waals surface area (Å²) >= 11 is 5.32. The number of rotatable bonds is 2. The fourth-order valence-corrected chi connectivity index (χ4v) is 4.42. The Morgan fingerprint density at radius 3 is 3.05 bits per heavy atom. The summed E-state index contributed by atoms with van der Waals surface area (Å²) in [4.78, 5) is 4.89. The maximum atomic E-state index is 5.33. The molecule has 3 rings (SSSR count). The SMILES string of the molecule is COc1cc(NC2=NC3CCCCC3CS2)ccc1Br. The highest BCUT2D eigenvalue weighted by molar-refractivity contribution is 9.10. The van der Waals surface area contributed by atoms with Crippen LogP contribution in [-0.2, 0) is 0 Å². The van der Waals surface area contributed by atoms with Crippen molar-refractivity contribution in [3.05, 3.63) is 22.7 Å². The molecule has 1 fully saturated rings. The van der Waals surface area contributed by atoms with Crippen molar-refractivity contribution in [1.29, 1.82) is 0 Å². The molecule has 0 radical (unpaired) electrons. The summed E-state index contributed by atoms with van der Waals surface area (Å²) in [6, 6.07) is 6.58. The minimum absolute atomic E-state index is 0.532. The molecule has 0 spiro atoms. The number of aliphatic imine (C=N–C) groups is 1. The minimum Gasteiger partial charge on any atom is -0.495 e. The van der Waals surface area contributed by atoms with Gasteiger partial charge in [0.15, 0.2) is 5.17 Å². The van der Waals surface area contributed by atoms with Gasteiger partial charge in [-0.25, -0.2) is 0 Å². The Hall–Kier alpha value is -0.680. The molecule has 0 aromatic heterocycles. The Labute approximate surface area is 132 Å². The number of nitrogens with zero attached hydrogens (tertiary/aromatic N) is 1. The Balaban J connectivity index is 1.73. The number of thioether (sulfide) groups is 1. The van der Waals surface area contributed by atoms with Crippen LogP contribution in [0.25, 0.3) is 0 Å². The summed E-state index contributed by atoms with van der Waals surface area (Å²) in [7, 11) is 1.68. The second-order valence-electron chi connectivity index (χ2n) is 5.33. The van der Waals surface area contributed by atoms with Crippen LogP contribution in [0, 0.1) is 5.92 Å². The van der Waals surface area contributed by atoms with E-state index >= 15 is 0 Å². The minimum atomic E-state index is 0.532. The molecule has 1 aromatic carbocycles. The number of amidine groups is 1. The highest BCUT2D eigenvalue weighted by Gasteiger charge is 2.29. The molecular formula is C15H19BrN2OS. The normalized spacial score (nSPS) is 25.6. The molecule has 1 N–H and O–H groups in total. The van der Waals surface area contributed by atoms with Crippen molar-refractivity contribution in [3.8, 4) is 5.75 Å². The van der Waals surface area contributed by atoms with Gasteiger partial charge in [0.25, 0.3) is 0 Å². The predicted octanol–water partition coefficient (Wildman–Crippen LogP) is 4.53. The first-order chi connectivity index (χ1) is 9.76. The standard InChI is InChI=1S/C15H19BrN2OS/c1-19-14-8-11(6-7-12(14)16)17-15-18-13-5-3-2-4-10(13)9-20-15/h6-8,10,13H,2-5,9H2,1H3,(H,17,18). The maximum absolute atomic E-state index is 5.33. The molecule has 1 heterocycles. The lowest BCUT2D eigenvalue weighted by molar-refractivity contribution is 0.336. The van der Waals surface area contributed by atoms with Gasteiger partial charge >= 0.3 is 0 Å². The molecule has 2 aliphatic rings. The van der Waals surface area contributed by atoms with Crippen LogP contribution in [0.1, 0.15) is 25.7 Å². The van der Waals surface area contributed by atoms with E-state index in [1.54, 1.807) is 7.11 Å². The molecule has 2 unspecified atom stereocenters. The zero-order chi connectivity index (χ0) is 13.9. The molecule has 1 aromatic rings. The first-order valence-electron chi connectivity index (χ1n) is 7.07. The topological polar surface area (TPSA) is 33.6 Å². The van der Waals surface area contributed by atoms with Crippen molar-refractivity contribution in [2.45, 2.75) is 31.7 Å². The number of methoxy groups -OCH3 is 1. The molecule has 1 saturated carbocycles. The zero-order valence-electron chi connectivity index (χ0n) is 11.6. The number of ether oxygens (including phenoxy) is 1. The predicted molar refractivity (Wildman–Crippen MR) is 90.0 cm³/mol. The molecule has 108 valence electrons. The van der Waals surface area contributed by atoms with E-state index in [1.165, 1.54) is 31.4 Å². The van der Waals surface area contributed by atoms with Crippen LogP contribution < -0.4 is 10.1 Å². The Morgan fingerprint density at radius 1 is 1.35 bits per heavy atom. The van der Waals surface area contributed by atoms with Gasteiger partial charge in [-0.1, -0.05) is 24.6 Å². The van der Waals surface area contributed by atoms with Crippen LogP contribution in [0.15, 0.2) is 27.7 Å². The van der Waals surface area contributed by atoms with Crippen LogP contribution in [0.4, 0.5) is 5.69 Å². The second kappa shape index (κ2) is 6.39. The largest absolute Gasteiger partial charge is 0.495 e. The van der Waals surface area contributed by atoms with E-state index in [0.717, 1.165) is 27.0 Å². The summed E-state index contributed by atoms with van der Waals surface area (Å²) in [6.07, 6.45) is 5.30. The summed E-state index contributed by atoms with van der Waals surface area (Å²) in [5.41, 5.74) is 1.03. The monoisotopic (exact) mass is 354 g/mol. The Bertz CT molecular complexity index is 521. The molecule has 0 saturated heterocycles. The summed E-state index contributed by atoms with van der Waals surface area (Å²) in [6.45, 7) is 0. The van der Waals surface area contributed by atoms with Gasteiger partial charge in [0.1, 0.15) is 5.75 Å². The van der Waals surface area contributed by atoms with Crippen LogP contribution in [0.3, 0.4) is 0 Å². The first-order valence-corrected chi connectivity index (χ1v) is 8.85. The summed E-state index contributed by atoms with van der Waals surface area (Å²) in [5.74, 6) is 2.83. The molecular weight excluding hydrogens is 336 g/mol. The fourth-order valence-electron chi connectivity index (χ4n) is 2.86. The van der Waals surface area contributed by atoms with Crippen LogP contribution in [-0.4, -0.2) is 24.1 Å². The van der Waals surface area contributed by atoms with Crippen molar-refractivity contribution < 1.29 is 4.74 Å². The highest BCUT2D eigenvalue weighted by atomic mass is 79.9. The lowest BCUT2D eigenvalue weighted by Gasteiger charge is -2.32. The van der Waals surface area contributed by atoms with E-state index in [1.807, 2.05) is 30.0 Å². The van der Waals surface area contributed by atoms with Crippen LogP contribution in [0.2, 0.25) is 0 Å². The number of nitrogens with one attached hydrogen (secondary N) is 1. The van der Waals surface area contributed by atoms with Crippen molar-refractivity contribution in [2.75, 3.05) is 18.2 Å². The lowest BCUT2D eigenvalue weighted by atomic mass is 9.86. The maximum Gasteiger partial charge on any atom is 0.161 e. The van der Waals surface area contributed by atoms with Gasteiger partial charge in [0.2, 0.25) is 0 Å². The molecule has 0 bridgehead atoms. The van der Waals surface area contributed by atoms with E-state index in [0.29, 0.717) is 6.04 Å². The average Bonchev–Trinajstić information content (AvgIpc) is 2.49. The molecule has 5 heteroatoms. The van der Waals surface area contributed by atoms with Gasteiger partial charge in [0, 0.05) is 17.5 Å². The van der Waals surface area contributed by atoms with Gasteiger partial charge < -0.3 is 10.1 Å². The van der Waals surface area contributed by atoms with Crippen molar-refractivity contribution in [3.63, 3.8) is 0 Å². The molecule has 2 atom stereocenters. The first kappa shape index (κ1) is 14.3. The molecule has 1 aliphatic carbocycles. The van der Waals surface area contributed by atoms with Gasteiger partial charge in [-0.3, -0.25) is 4.99 Å². The number of hydrogen-bond acceptors (Lipinski definition) is 4. The van der Waals surface area contributed by atoms with Gasteiger partial charge in [0.05, 0.1) is 17.6 Å². The van der Waals surface area contributed by atoms with Crippen molar-refractivity contribution in [1.82, 2.24) is 0 Å². The molecule has 20 heavy (non-hydrogen) atoms. The van der Waals surface area contributed by atoms with E-state index < -0.39 is 0 Å². The molecule has 1 aliphatic heterocycles. The molecule has 0 amide bonds. The Morgan fingerprint density at radius 2 is 2.20 bits per heavy atom. The van der Waals surface area contributed by atoms with E-state index in [4.69, 9.17) is 9.73 Å². The van der Waals surface area contributed by atoms with Gasteiger partial charge in [-0.05, 0) is 46.8 Å².